The van der Waals surface area contributed by atoms with Gasteiger partial charge in [0.15, 0.2) is 11.6 Å². The molecule has 0 aromatic carbocycles. The summed E-state index contributed by atoms with van der Waals surface area (Å²) in [5, 5.41) is 43.3. The summed E-state index contributed by atoms with van der Waals surface area (Å²) in [7, 11) is 0. The number of aliphatic hydroxyl groups excluding tert-OH is 2. The number of rotatable bonds is 3. The fourth-order valence-corrected chi connectivity index (χ4v) is 7.72. The Morgan fingerprint density at radius 1 is 0.918 bits per heavy atom. The molecule has 0 radical (unpaired) electrons. The molecule has 1 amide bonds. The Balaban J connectivity index is 0.00000650. The first kappa shape index (κ1) is 41.0. The smallest absolute Gasteiger partial charge is 0.329 e. The number of carbonyl (C=O) groups excluding carboxylic acids is 4. The van der Waals surface area contributed by atoms with Crippen LogP contribution in [0.15, 0.2) is 24.3 Å². The second-order valence-electron chi connectivity index (χ2n) is 15.0. The van der Waals surface area contributed by atoms with Crippen molar-refractivity contribution in [3.63, 3.8) is 0 Å². The molecule has 0 aromatic rings. The number of ether oxygens (including phenoxy) is 2. The third-order valence-corrected chi connectivity index (χ3v) is 11.2. The van der Waals surface area contributed by atoms with Crippen molar-refractivity contribution in [2.45, 2.75) is 155 Å². The largest absolute Gasteiger partial charge is 0.461 e. The van der Waals surface area contributed by atoms with E-state index in [-0.39, 0.29) is 44.6 Å². The third kappa shape index (κ3) is 9.88. The Hall–Kier alpha value is -2.44. The zero-order chi connectivity index (χ0) is 35.2. The molecular weight excluding hydrogens is 630 g/mol. The van der Waals surface area contributed by atoms with Crippen LogP contribution in [-0.4, -0.2) is 91.2 Å². The van der Waals surface area contributed by atoms with E-state index in [0.717, 1.165) is 12.8 Å². The Morgan fingerprint density at radius 2 is 1.63 bits per heavy atom. The lowest BCUT2D eigenvalue weighted by atomic mass is 9.78. The number of fused-ring (bicyclic) bond motifs is 3. The van der Waals surface area contributed by atoms with Gasteiger partial charge in [0.1, 0.15) is 12.1 Å². The number of Topliss-reactive ketones (excluding diaryl/α,β-unsaturated/α-hetero) is 1. The van der Waals surface area contributed by atoms with Gasteiger partial charge in [-0.1, -0.05) is 46.4 Å². The van der Waals surface area contributed by atoms with E-state index in [9.17, 15) is 39.6 Å². The van der Waals surface area contributed by atoms with Crippen molar-refractivity contribution >= 4 is 23.4 Å². The minimum Gasteiger partial charge on any atom is -0.461 e. The Bertz CT molecular complexity index is 1220. The number of hydrogen-bond acceptors (Lipinski definition) is 10. The highest BCUT2D eigenvalue weighted by Gasteiger charge is 2.58. The van der Waals surface area contributed by atoms with Gasteiger partial charge < -0.3 is 34.8 Å². The molecule has 11 heteroatoms. The first-order valence-corrected chi connectivity index (χ1v) is 18.1. The predicted octanol–water partition coefficient (Wildman–Crippen LogP) is 4.38. The summed E-state index contributed by atoms with van der Waals surface area (Å²) in [5.74, 6) is -9.94. The van der Waals surface area contributed by atoms with Crippen LogP contribution in [0.3, 0.4) is 0 Å². The first-order chi connectivity index (χ1) is 22.7. The normalized spacial score (nSPS) is 40.9. The maximum Gasteiger partial charge on any atom is 0.329 e. The molecule has 3 aliphatic heterocycles. The summed E-state index contributed by atoms with van der Waals surface area (Å²) in [4.78, 5) is 55.7. The monoisotopic (exact) mass is 691 g/mol. The summed E-state index contributed by atoms with van der Waals surface area (Å²) in [6.45, 7) is 7.25. The molecule has 0 unspecified atom stereocenters. The van der Waals surface area contributed by atoms with E-state index in [4.69, 9.17) is 9.47 Å². The topological polar surface area (TPSA) is 171 Å². The molecule has 4 N–H and O–H groups in total. The fourth-order valence-electron chi connectivity index (χ4n) is 7.72. The molecule has 1 saturated carbocycles. The van der Waals surface area contributed by atoms with E-state index < -0.39 is 71.2 Å². The molecule has 11 nitrogen and oxygen atoms in total. The van der Waals surface area contributed by atoms with Crippen LogP contribution in [0.2, 0.25) is 0 Å². The number of amides is 1. The number of nitrogens with zero attached hydrogens (tertiary/aromatic N) is 1. The molecule has 278 valence electrons. The van der Waals surface area contributed by atoms with Crippen LogP contribution in [0.4, 0.5) is 0 Å². The molecule has 3 heterocycles. The Kier molecular flexibility index (Phi) is 14.8. The van der Waals surface area contributed by atoms with E-state index >= 15 is 0 Å². The number of hydrogen-bond donors (Lipinski definition) is 4. The molecule has 2 bridgehead atoms. The maximum atomic E-state index is 13.9. The molecule has 2 saturated heterocycles. The van der Waals surface area contributed by atoms with Gasteiger partial charge in [0, 0.05) is 18.9 Å². The van der Waals surface area contributed by atoms with Gasteiger partial charge in [0.2, 0.25) is 5.79 Å². The summed E-state index contributed by atoms with van der Waals surface area (Å²) >= 11 is 0. The van der Waals surface area contributed by atoms with Crippen molar-refractivity contribution in [3.8, 4) is 0 Å². The number of ketones is 2. The second kappa shape index (κ2) is 17.7. The van der Waals surface area contributed by atoms with Gasteiger partial charge in [0.25, 0.3) is 11.7 Å². The molecular formula is C38H61NO10. The molecule has 1 aliphatic carbocycles. The zero-order valence-corrected chi connectivity index (χ0v) is 29.1. The number of allylic oxidation sites excluding steroid dienone is 4. The lowest BCUT2D eigenvalue weighted by Gasteiger charge is -2.47. The van der Waals surface area contributed by atoms with E-state index in [1.807, 2.05) is 6.92 Å². The van der Waals surface area contributed by atoms with Gasteiger partial charge in [0.05, 0.1) is 18.1 Å². The highest BCUT2D eigenvalue weighted by molar-refractivity contribution is 6.39. The van der Waals surface area contributed by atoms with Gasteiger partial charge >= 0.3 is 5.97 Å². The van der Waals surface area contributed by atoms with E-state index in [0.29, 0.717) is 57.8 Å². The van der Waals surface area contributed by atoms with Crippen LogP contribution in [-0.2, 0) is 28.7 Å². The lowest BCUT2D eigenvalue weighted by molar-refractivity contribution is -0.365. The van der Waals surface area contributed by atoms with Crippen LogP contribution < -0.4 is 0 Å². The summed E-state index contributed by atoms with van der Waals surface area (Å²) < 4.78 is 11.9. The standard InChI is InChI=1S/C37H57NO10.CH4/c1-23-11-7-5-6-8-13-29(39)26(4)36(45)19-18-25(3)37(46,48-36)33(42)34(43)38-20-10-9-12-28(38)35(44)47-32(17-14-23)24(2)21-27-15-16-30(40)31(41)22-27;/h7-8,11,13,23-28,30-32,40-41,45-46H,5-6,9-10,12,14-22H2,1-4H3;1H4/b11-7+,13-8+;/t23-,24-,25-,26+,27+,28+,30-,31-,32+,36+,37-;/m1./s1. The predicted molar refractivity (Wildman–Crippen MR) is 184 cm³/mol. The third-order valence-electron chi connectivity index (χ3n) is 11.2. The van der Waals surface area contributed by atoms with Crippen molar-refractivity contribution in [1.29, 1.82) is 0 Å². The van der Waals surface area contributed by atoms with Crippen molar-refractivity contribution in [1.82, 2.24) is 4.90 Å². The SMILES string of the molecule is C.C[C@@H]1/C=C/CC/C=C/C(=O)[C@H](C)[C@]2(O)CC[C@@H](C)[C@@](O)(O2)C(=O)C(=O)N2CCCC[C@H]2C(=O)O[C@H]([C@H](C)C[C@@H]2CC[C@@H](O)[C@H](O)C2)CC1. The highest BCUT2D eigenvalue weighted by atomic mass is 16.7. The van der Waals surface area contributed by atoms with Gasteiger partial charge in [-0.2, -0.15) is 0 Å². The maximum absolute atomic E-state index is 13.9. The highest BCUT2D eigenvalue weighted by Crippen LogP contribution is 2.42. The van der Waals surface area contributed by atoms with E-state index in [1.165, 1.54) is 17.9 Å². The number of cyclic esters (lactones) is 1. The van der Waals surface area contributed by atoms with Gasteiger partial charge in [-0.3, -0.25) is 14.4 Å². The van der Waals surface area contributed by atoms with Crippen LogP contribution in [0.5, 0.6) is 0 Å². The van der Waals surface area contributed by atoms with Crippen molar-refractivity contribution in [2.24, 2.45) is 29.6 Å². The van der Waals surface area contributed by atoms with E-state index in [2.05, 4.69) is 19.1 Å². The zero-order valence-electron chi connectivity index (χ0n) is 29.1. The lowest BCUT2D eigenvalue weighted by Crippen LogP contribution is -2.64. The van der Waals surface area contributed by atoms with Crippen molar-refractivity contribution in [2.75, 3.05) is 6.54 Å². The number of aliphatic hydroxyl groups is 4. The summed E-state index contributed by atoms with van der Waals surface area (Å²) in [5.41, 5.74) is 0. The summed E-state index contributed by atoms with van der Waals surface area (Å²) in [6.07, 6.45) is 12.0. The van der Waals surface area contributed by atoms with E-state index in [1.54, 1.807) is 13.0 Å². The average Bonchev–Trinajstić information content (AvgIpc) is 3.06. The number of carbonyl (C=O) groups is 4. The van der Waals surface area contributed by atoms with Gasteiger partial charge in [-0.15, -0.1) is 0 Å². The number of piperidine rings is 1. The molecule has 11 atom stereocenters. The van der Waals surface area contributed by atoms with Gasteiger partial charge in [-0.25, -0.2) is 4.79 Å². The molecule has 3 fully saturated rings. The van der Waals surface area contributed by atoms with Crippen molar-refractivity contribution in [3.05, 3.63) is 24.3 Å². The molecule has 0 spiro atoms. The van der Waals surface area contributed by atoms with Gasteiger partial charge in [-0.05, 0) is 108 Å². The Morgan fingerprint density at radius 3 is 2.35 bits per heavy atom. The molecule has 49 heavy (non-hydrogen) atoms. The van der Waals surface area contributed by atoms with Crippen molar-refractivity contribution < 1.29 is 49.1 Å². The quantitative estimate of drug-likeness (QED) is 0.189. The minimum atomic E-state index is -2.69. The molecule has 4 aliphatic rings. The number of esters is 1. The minimum absolute atomic E-state index is 0. The first-order valence-electron chi connectivity index (χ1n) is 18.1. The summed E-state index contributed by atoms with van der Waals surface area (Å²) in [6, 6.07) is -1.03. The molecule has 4 rings (SSSR count). The fraction of sp³-hybridized carbons (Fsp3) is 0.789. The van der Waals surface area contributed by atoms with Crippen LogP contribution in [0, 0.1) is 29.6 Å². The van der Waals surface area contributed by atoms with Crippen LogP contribution >= 0.6 is 0 Å². The average molecular weight is 692 g/mol. The van der Waals surface area contributed by atoms with Crippen LogP contribution in [0.25, 0.3) is 0 Å². The molecule has 0 aromatic heterocycles. The Labute approximate surface area is 292 Å². The second-order valence-corrected chi connectivity index (χ2v) is 15.0. The van der Waals surface area contributed by atoms with Crippen LogP contribution in [0.1, 0.15) is 119 Å².